The van der Waals surface area contributed by atoms with Crippen LogP contribution in [0.3, 0.4) is 0 Å². The van der Waals surface area contributed by atoms with Crippen molar-refractivity contribution in [1.29, 1.82) is 0 Å². The first-order valence-electron chi connectivity index (χ1n) is 8.52. The first kappa shape index (κ1) is 19.7. The summed E-state index contributed by atoms with van der Waals surface area (Å²) in [5.41, 5.74) is 0.561. The van der Waals surface area contributed by atoms with Crippen molar-refractivity contribution in [3.05, 3.63) is 75.1 Å². The van der Waals surface area contributed by atoms with E-state index >= 15 is 0 Å². The molecular formula is C20H19N3O6. The van der Waals surface area contributed by atoms with Gasteiger partial charge in [-0.3, -0.25) is 19.5 Å². The van der Waals surface area contributed by atoms with Crippen molar-refractivity contribution in [3.8, 4) is 22.9 Å². The molecule has 2 aromatic carbocycles. The van der Waals surface area contributed by atoms with Gasteiger partial charge in [0.25, 0.3) is 11.2 Å². The molecule has 0 fully saturated rings. The third-order valence-corrected chi connectivity index (χ3v) is 4.19. The van der Waals surface area contributed by atoms with E-state index in [1.54, 1.807) is 36.4 Å². The minimum absolute atomic E-state index is 0.0624. The summed E-state index contributed by atoms with van der Waals surface area (Å²) in [5.74, 6) is 1.58. The molecule has 0 spiro atoms. The molecule has 3 aromatic rings. The maximum absolute atomic E-state index is 12.7. The van der Waals surface area contributed by atoms with Gasteiger partial charge in [-0.25, -0.2) is 0 Å². The second-order valence-electron chi connectivity index (χ2n) is 5.90. The van der Waals surface area contributed by atoms with Crippen LogP contribution >= 0.6 is 0 Å². The number of aromatic nitrogens is 1. The number of hydrogen-bond donors (Lipinski definition) is 1. The van der Waals surface area contributed by atoms with Crippen LogP contribution in [0.1, 0.15) is 0 Å². The van der Waals surface area contributed by atoms with Gasteiger partial charge in [0, 0.05) is 36.0 Å². The SMILES string of the molecule is COc1cc(-n2c(Nc3cccc([N+](=O)[O-])c3)cccc2=O)cc(OC)c1OC. The Balaban J connectivity index is 2.14. The first-order valence-corrected chi connectivity index (χ1v) is 8.52. The summed E-state index contributed by atoms with van der Waals surface area (Å²) in [5, 5.41) is 14.1. The highest BCUT2D eigenvalue weighted by atomic mass is 16.6. The van der Waals surface area contributed by atoms with Crippen molar-refractivity contribution >= 4 is 17.2 Å². The molecule has 150 valence electrons. The minimum Gasteiger partial charge on any atom is -0.493 e. The third kappa shape index (κ3) is 3.98. The van der Waals surface area contributed by atoms with Gasteiger partial charge in [-0.15, -0.1) is 0 Å². The number of anilines is 2. The zero-order valence-electron chi connectivity index (χ0n) is 16.0. The average molecular weight is 397 g/mol. The summed E-state index contributed by atoms with van der Waals surface area (Å²) in [6.45, 7) is 0. The molecule has 1 N–H and O–H groups in total. The fourth-order valence-electron chi connectivity index (χ4n) is 2.89. The van der Waals surface area contributed by atoms with Gasteiger partial charge in [-0.1, -0.05) is 12.1 Å². The highest BCUT2D eigenvalue weighted by molar-refractivity contribution is 5.64. The van der Waals surface area contributed by atoms with Crippen LogP contribution in [0.5, 0.6) is 17.2 Å². The van der Waals surface area contributed by atoms with E-state index in [2.05, 4.69) is 5.32 Å². The molecule has 0 saturated heterocycles. The third-order valence-electron chi connectivity index (χ3n) is 4.19. The van der Waals surface area contributed by atoms with Crippen LogP contribution in [0.15, 0.2) is 59.4 Å². The summed E-state index contributed by atoms with van der Waals surface area (Å²) < 4.78 is 17.5. The topological polar surface area (TPSA) is 105 Å². The van der Waals surface area contributed by atoms with Crippen LogP contribution in [0.25, 0.3) is 5.69 Å². The number of methoxy groups -OCH3 is 3. The predicted octanol–water partition coefficient (Wildman–Crippen LogP) is 3.52. The predicted molar refractivity (Wildman–Crippen MR) is 108 cm³/mol. The molecule has 0 atom stereocenters. The fraction of sp³-hybridized carbons (Fsp3) is 0.150. The number of nitrogens with one attached hydrogen (secondary N) is 1. The lowest BCUT2D eigenvalue weighted by atomic mass is 10.2. The van der Waals surface area contributed by atoms with Gasteiger partial charge in [0.15, 0.2) is 11.5 Å². The van der Waals surface area contributed by atoms with Crippen molar-refractivity contribution in [2.45, 2.75) is 0 Å². The highest BCUT2D eigenvalue weighted by Crippen LogP contribution is 2.39. The zero-order chi connectivity index (χ0) is 21.0. The quantitative estimate of drug-likeness (QED) is 0.480. The number of benzene rings is 2. The van der Waals surface area contributed by atoms with E-state index in [1.165, 1.54) is 44.1 Å². The summed E-state index contributed by atoms with van der Waals surface area (Å²) >= 11 is 0. The maximum atomic E-state index is 12.7. The summed E-state index contributed by atoms with van der Waals surface area (Å²) in [4.78, 5) is 23.2. The Labute approximate surface area is 166 Å². The lowest BCUT2D eigenvalue weighted by Crippen LogP contribution is -2.19. The second-order valence-corrected chi connectivity index (χ2v) is 5.90. The molecule has 29 heavy (non-hydrogen) atoms. The molecule has 9 heteroatoms. The Hall–Kier alpha value is -4.01. The van der Waals surface area contributed by atoms with Gasteiger partial charge in [-0.05, 0) is 12.1 Å². The average Bonchev–Trinajstić information content (AvgIpc) is 2.73. The van der Waals surface area contributed by atoms with Crippen LogP contribution in [-0.4, -0.2) is 30.8 Å². The standard InChI is InChI=1S/C20H19N3O6/c1-27-16-11-15(12-17(28-2)20(16)29-3)22-18(8-5-9-19(22)24)21-13-6-4-7-14(10-13)23(25)26/h4-12,21H,1-3H3. The van der Waals surface area contributed by atoms with Gasteiger partial charge < -0.3 is 19.5 Å². The molecule has 9 nitrogen and oxygen atoms in total. The molecule has 1 aromatic heterocycles. The summed E-state index contributed by atoms with van der Waals surface area (Å²) in [6.07, 6.45) is 0. The van der Waals surface area contributed by atoms with E-state index in [9.17, 15) is 14.9 Å². The number of pyridine rings is 1. The minimum atomic E-state index is -0.484. The molecule has 0 amide bonds. The second kappa shape index (κ2) is 8.34. The Kier molecular flexibility index (Phi) is 5.68. The summed E-state index contributed by atoms with van der Waals surface area (Å²) in [7, 11) is 4.46. The number of nitro groups is 1. The Bertz CT molecular complexity index is 1080. The van der Waals surface area contributed by atoms with Crippen molar-refractivity contribution in [2.75, 3.05) is 26.6 Å². The lowest BCUT2D eigenvalue weighted by molar-refractivity contribution is -0.384. The van der Waals surface area contributed by atoms with Gasteiger partial charge in [0.1, 0.15) is 5.82 Å². The lowest BCUT2D eigenvalue weighted by Gasteiger charge is -2.18. The number of ether oxygens (including phenoxy) is 3. The van der Waals surface area contributed by atoms with Crippen molar-refractivity contribution in [3.63, 3.8) is 0 Å². The largest absolute Gasteiger partial charge is 0.493 e. The normalized spacial score (nSPS) is 10.3. The monoisotopic (exact) mass is 397 g/mol. The van der Waals surface area contributed by atoms with E-state index in [-0.39, 0.29) is 11.2 Å². The first-order chi connectivity index (χ1) is 14.0. The van der Waals surface area contributed by atoms with Crippen molar-refractivity contribution in [2.24, 2.45) is 0 Å². The van der Waals surface area contributed by atoms with Crippen LogP contribution < -0.4 is 25.1 Å². The smallest absolute Gasteiger partial charge is 0.271 e. The van der Waals surface area contributed by atoms with E-state index in [1.807, 2.05) is 0 Å². The number of rotatable bonds is 7. The maximum Gasteiger partial charge on any atom is 0.271 e. The van der Waals surface area contributed by atoms with Gasteiger partial charge in [-0.2, -0.15) is 0 Å². The highest BCUT2D eigenvalue weighted by Gasteiger charge is 2.16. The van der Waals surface area contributed by atoms with Crippen LogP contribution in [-0.2, 0) is 0 Å². The van der Waals surface area contributed by atoms with E-state index in [0.717, 1.165) is 0 Å². The van der Waals surface area contributed by atoms with Gasteiger partial charge in [0.05, 0.1) is 31.9 Å². The molecule has 0 aliphatic carbocycles. The molecule has 0 bridgehead atoms. The van der Waals surface area contributed by atoms with E-state index in [4.69, 9.17) is 14.2 Å². The van der Waals surface area contributed by atoms with Crippen molar-refractivity contribution < 1.29 is 19.1 Å². The molecule has 1 heterocycles. The molecule has 0 aliphatic heterocycles. The van der Waals surface area contributed by atoms with Crippen LogP contribution in [0, 0.1) is 10.1 Å². The van der Waals surface area contributed by atoms with Gasteiger partial charge in [0.2, 0.25) is 5.75 Å². The molecular weight excluding hydrogens is 378 g/mol. The van der Waals surface area contributed by atoms with E-state index < -0.39 is 4.92 Å². The number of nitrogens with zero attached hydrogens (tertiary/aromatic N) is 2. The van der Waals surface area contributed by atoms with Gasteiger partial charge >= 0.3 is 0 Å². The fourth-order valence-corrected chi connectivity index (χ4v) is 2.89. The van der Waals surface area contributed by atoms with Crippen molar-refractivity contribution in [1.82, 2.24) is 4.57 Å². The molecule has 0 radical (unpaired) electrons. The Morgan fingerprint density at radius 1 is 0.931 bits per heavy atom. The zero-order valence-corrected chi connectivity index (χ0v) is 16.0. The number of nitro benzene ring substituents is 1. The molecule has 3 rings (SSSR count). The number of non-ortho nitro benzene ring substituents is 1. The molecule has 0 aliphatic rings. The van der Waals surface area contributed by atoms with E-state index in [0.29, 0.717) is 34.4 Å². The molecule has 0 saturated carbocycles. The Morgan fingerprint density at radius 3 is 2.17 bits per heavy atom. The van der Waals surface area contributed by atoms with Crippen LogP contribution in [0.4, 0.5) is 17.2 Å². The number of hydrogen-bond acceptors (Lipinski definition) is 7. The Morgan fingerprint density at radius 2 is 1.59 bits per heavy atom. The van der Waals surface area contributed by atoms with Crippen LogP contribution in [0.2, 0.25) is 0 Å². The molecule has 0 unspecified atom stereocenters. The summed E-state index contributed by atoms with van der Waals surface area (Å²) in [6, 6.07) is 14.0.